The highest BCUT2D eigenvalue weighted by molar-refractivity contribution is 7.12. The van der Waals surface area contributed by atoms with Crippen LogP contribution in [0.2, 0.25) is 0 Å². The molecule has 0 spiro atoms. The zero-order valence-electron chi connectivity index (χ0n) is 9.96. The van der Waals surface area contributed by atoms with E-state index in [2.05, 4.69) is 30.5 Å². The fraction of sp³-hybridized carbons (Fsp3) is 0.583. The number of hydrogen-bond donors (Lipinski definition) is 2. The molecule has 1 atom stereocenters. The largest absolute Gasteiger partial charge is 0.335 e. The maximum Gasteiger partial charge on any atom is 0.315 e. The summed E-state index contributed by atoms with van der Waals surface area (Å²) in [4.78, 5) is 14.2. The van der Waals surface area contributed by atoms with Crippen molar-refractivity contribution in [1.29, 1.82) is 0 Å². The Kier molecular flexibility index (Phi) is 3.19. The van der Waals surface area contributed by atoms with Gasteiger partial charge in [-0.3, -0.25) is 0 Å². The monoisotopic (exact) mass is 238 g/mol. The molecule has 0 aromatic carbocycles. The van der Waals surface area contributed by atoms with Gasteiger partial charge >= 0.3 is 6.03 Å². The highest BCUT2D eigenvalue weighted by atomic mass is 32.1. The number of carbonyl (C=O) groups is 1. The van der Waals surface area contributed by atoms with E-state index in [1.807, 2.05) is 6.92 Å². The van der Waals surface area contributed by atoms with Crippen molar-refractivity contribution in [1.82, 2.24) is 10.6 Å². The third-order valence-corrected chi connectivity index (χ3v) is 3.79. The van der Waals surface area contributed by atoms with Crippen LogP contribution in [-0.4, -0.2) is 12.1 Å². The van der Waals surface area contributed by atoms with Gasteiger partial charge in [0.1, 0.15) is 0 Å². The number of nitrogens with one attached hydrogen (secondary N) is 2. The number of rotatable bonds is 3. The zero-order valence-corrected chi connectivity index (χ0v) is 10.8. The molecule has 2 rings (SSSR count). The first-order valence-corrected chi connectivity index (χ1v) is 6.52. The second kappa shape index (κ2) is 4.45. The van der Waals surface area contributed by atoms with Crippen LogP contribution in [0.5, 0.6) is 0 Å². The lowest BCUT2D eigenvalue weighted by Gasteiger charge is -2.14. The molecule has 1 aromatic rings. The molecule has 0 unspecified atom stereocenters. The predicted octanol–water partition coefficient (Wildman–Crippen LogP) is 2.89. The fourth-order valence-corrected chi connectivity index (χ4v) is 2.83. The SMILES string of the molecule is Cc1cc([C@H](C)NC(=O)NC2CC2)c(C)s1. The highest BCUT2D eigenvalue weighted by Gasteiger charge is 2.24. The van der Waals surface area contributed by atoms with Crippen LogP contribution in [0.15, 0.2) is 6.07 Å². The fourth-order valence-electron chi connectivity index (χ4n) is 1.81. The molecule has 1 aliphatic carbocycles. The topological polar surface area (TPSA) is 41.1 Å². The van der Waals surface area contributed by atoms with Crippen LogP contribution in [0.25, 0.3) is 0 Å². The van der Waals surface area contributed by atoms with E-state index in [1.165, 1.54) is 15.3 Å². The number of thiophene rings is 1. The third-order valence-electron chi connectivity index (χ3n) is 2.81. The van der Waals surface area contributed by atoms with Gasteiger partial charge in [0.15, 0.2) is 0 Å². The smallest absolute Gasteiger partial charge is 0.315 e. The van der Waals surface area contributed by atoms with Crippen molar-refractivity contribution < 1.29 is 4.79 Å². The van der Waals surface area contributed by atoms with Crippen LogP contribution in [0.3, 0.4) is 0 Å². The van der Waals surface area contributed by atoms with Gasteiger partial charge in [-0.1, -0.05) is 0 Å². The van der Waals surface area contributed by atoms with Crippen molar-refractivity contribution in [2.45, 2.75) is 45.7 Å². The molecule has 1 fully saturated rings. The molecular weight excluding hydrogens is 220 g/mol. The third kappa shape index (κ3) is 2.76. The van der Waals surface area contributed by atoms with E-state index in [1.54, 1.807) is 11.3 Å². The Morgan fingerprint density at radius 1 is 1.50 bits per heavy atom. The average Bonchev–Trinajstić information content (AvgIpc) is 2.90. The molecule has 1 saturated carbocycles. The Hall–Kier alpha value is -1.03. The first-order valence-electron chi connectivity index (χ1n) is 5.70. The summed E-state index contributed by atoms with van der Waals surface area (Å²) >= 11 is 1.78. The van der Waals surface area contributed by atoms with Gasteiger partial charge in [0.25, 0.3) is 0 Å². The summed E-state index contributed by atoms with van der Waals surface area (Å²) in [6.45, 7) is 6.23. The van der Waals surface area contributed by atoms with Crippen LogP contribution in [-0.2, 0) is 0 Å². The number of amides is 2. The Morgan fingerprint density at radius 3 is 2.69 bits per heavy atom. The van der Waals surface area contributed by atoms with Crippen LogP contribution in [0, 0.1) is 13.8 Å². The maximum atomic E-state index is 11.6. The van der Waals surface area contributed by atoms with Gasteiger partial charge < -0.3 is 10.6 Å². The van der Waals surface area contributed by atoms with Crippen LogP contribution in [0.1, 0.15) is 41.1 Å². The lowest BCUT2D eigenvalue weighted by Crippen LogP contribution is -2.38. The van der Waals surface area contributed by atoms with Crippen molar-refractivity contribution >= 4 is 17.4 Å². The van der Waals surface area contributed by atoms with Crippen molar-refractivity contribution in [3.8, 4) is 0 Å². The Morgan fingerprint density at radius 2 is 2.19 bits per heavy atom. The molecule has 0 bridgehead atoms. The molecule has 3 nitrogen and oxygen atoms in total. The van der Waals surface area contributed by atoms with E-state index in [9.17, 15) is 4.79 Å². The second-order valence-corrected chi connectivity index (χ2v) is 5.94. The second-order valence-electron chi connectivity index (χ2n) is 4.48. The standard InChI is InChI=1S/C12H18N2OS/c1-7-6-11(9(3)16-7)8(2)13-12(15)14-10-4-5-10/h6,8,10H,4-5H2,1-3H3,(H2,13,14,15)/t8-/m0/s1. The number of urea groups is 1. The molecule has 1 heterocycles. The van der Waals surface area contributed by atoms with E-state index < -0.39 is 0 Å². The minimum atomic E-state index is -0.0433. The lowest BCUT2D eigenvalue weighted by atomic mass is 10.1. The lowest BCUT2D eigenvalue weighted by molar-refractivity contribution is 0.237. The van der Waals surface area contributed by atoms with E-state index >= 15 is 0 Å². The molecule has 2 amide bonds. The molecule has 1 aromatic heterocycles. The molecule has 0 aliphatic heterocycles. The minimum absolute atomic E-state index is 0.0433. The first-order chi connectivity index (χ1) is 7.56. The van der Waals surface area contributed by atoms with E-state index in [-0.39, 0.29) is 12.1 Å². The van der Waals surface area contributed by atoms with Crippen LogP contribution < -0.4 is 10.6 Å². The van der Waals surface area contributed by atoms with E-state index in [0.717, 1.165) is 12.8 Å². The maximum absolute atomic E-state index is 11.6. The Bertz CT molecular complexity index is 396. The molecule has 0 saturated heterocycles. The van der Waals surface area contributed by atoms with Gasteiger partial charge in [-0.2, -0.15) is 0 Å². The van der Waals surface area contributed by atoms with Gasteiger partial charge in [-0.15, -0.1) is 11.3 Å². The quantitative estimate of drug-likeness (QED) is 0.835. The van der Waals surface area contributed by atoms with Gasteiger partial charge in [-0.05, 0) is 45.2 Å². The summed E-state index contributed by atoms with van der Waals surface area (Å²) in [5.41, 5.74) is 1.23. The van der Waals surface area contributed by atoms with Crippen LogP contribution >= 0.6 is 11.3 Å². The molecule has 2 N–H and O–H groups in total. The molecular formula is C12H18N2OS. The summed E-state index contributed by atoms with van der Waals surface area (Å²) < 4.78 is 0. The normalized spacial score (nSPS) is 16.9. The van der Waals surface area contributed by atoms with Crippen LogP contribution in [0.4, 0.5) is 4.79 Å². The highest BCUT2D eigenvalue weighted by Crippen LogP contribution is 2.26. The molecule has 1 aliphatic rings. The van der Waals surface area contributed by atoms with Gasteiger partial charge in [0, 0.05) is 15.8 Å². The van der Waals surface area contributed by atoms with Gasteiger partial charge in [-0.25, -0.2) is 4.79 Å². The average molecular weight is 238 g/mol. The van der Waals surface area contributed by atoms with Crippen molar-refractivity contribution in [3.05, 3.63) is 21.4 Å². The number of aryl methyl sites for hydroxylation is 2. The van der Waals surface area contributed by atoms with Gasteiger partial charge in [0.05, 0.1) is 6.04 Å². The number of hydrogen-bond acceptors (Lipinski definition) is 2. The van der Waals surface area contributed by atoms with Crippen molar-refractivity contribution in [2.24, 2.45) is 0 Å². The molecule has 0 radical (unpaired) electrons. The number of carbonyl (C=O) groups excluding carboxylic acids is 1. The molecule has 88 valence electrons. The summed E-state index contributed by atoms with van der Waals surface area (Å²) in [7, 11) is 0. The minimum Gasteiger partial charge on any atom is -0.335 e. The summed E-state index contributed by atoms with van der Waals surface area (Å²) in [5, 5.41) is 5.91. The molecule has 4 heteroatoms. The van der Waals surface area contributed by atoms with Gasteiger partial charge in [0.2, 0.25) is 0 Å². The van der Waals surface area contributed by atoms with E-state index in [4.69, 9.17) is 0 Å². The summed E-state index contributed by atoms with van der Waals surface area (Å²) in [5.74, 6) is 0. The predicted molar refractivity (Wildman–Crippen MR) is 66.9 cm³/mol. The Balaban J connectivity index is 1.93. The summed E-state index contributed by atoms with van der Waals surface area (Å²) in [6.07, 6.45) is 2.25. The van der Waals surface area contributed by atoms with E-state index in [0.29, 0.717) is 6.04 Å². The first kappa shape index (κ1) is 11.5. The van der Waals surface area contributed by atoms with Crippen molar-refractivity contribution in [3.63, 3.8) is 0 Å². The zero-order chi connectivity index (χ0) is 11.7. The van der Waals surface area contributed by atoms with Crippen molar-refractivity contribution in [2.75, 3.05) is 0 Å². The molecule has 16 heavy (non-hydrogen) atoms. The Labute approximate surface area is 100 Å². The summed E-state index contributed by atoms with van der Waals surface area (Å²) in [6, 6.07) is 2.61.